The summed E-state index contributed by atoms with van der Waals surface area (Å²) in [7, 11) is 1.49. The minimum atomic E-state index is -0.816. The lowest BCUT2D eigenvalue weighted by molar-refractivity contribution is 0.0731. The second-order valence-electron chi connectivity index (χ2n) is 4.78. The number of esters is 1. The maximum absolute atomic E-state index is 12.1. The number of aromatic hydroxyl groups is 4. The molecule has 0 heterocycles. The van der Waals surface area contributed by atoms with Gasteiger partial charge in [0.25, 0.3) is 0 Å². The van der Waals surface area contributed by atoms with E-state index in [0.29, 0.717) is 5.56 Å². The maximum atomic E-state index is 12.1. The smallest absolute Gasteiger partial charge is 0.343 e. The fourth-order valence-corrected chi connectivity index (χ4v) is 1.97. The van der Waals surface area contributed by atoms with E-state index in [2.05, 4.69) is 0 Å². The fraction of sp³-hybridized carbons (Fsp3) is 0.188. The van der Waals surface area contributed by atoms with Gasteiger partial charge in [-0.2, -0.15) is 0 Å². The van der Waals surface area contributed by atoms with Crippen LogP contribution in [0.1, 0.15) is 15.9 Å². The summed E-state index contributed by atoms with van der Waals surface area (Å²) < 4.78 is 10.1. The number of carbonyl (C=O) groups excluding carboxylic acids is 1. The quantitative estimate of drug-likeness (QED) is 0.378. The van der Waals surface area contributed by atoms with Crippen LogP contribution in [0.25, 0.3) is 0 Å². The maximum Gasteiger partial charge on any atom is 0.343 e. The van der Waals surface area contributed by atoms with E-state index in [9.17, 15) is 25.2 Å². The van der Waals surface area contributed by atoms with Gasteiger partial charge in [0.1, 0.15) is 17.2 Å². The number of ether oxygens (including phenoxy) is 2. The first-order valence-corrected chi connectivity index (χ1v) is 6.70. The van der Waals surface area contributed by atoms with Crippen molar-refractivity contribution in [2.45, 2.75) is 6.42 Å². The molecule has 0 saturated heterocycles. The molecule has 122 valence electrons. The highest BCUT2D eigenvalue weighted by Gasteiger charge is 2.17. The van der Waals surface area contributed by atoms with Gasteiger partial charge in [0, 0.05) is 31.2 Å². The van der Waals surface area contributed by atoms with E-state index >= 15 is 0 Å². The first-order valence-electron chi connectivity index (χ1n) is 6.70. The van der Waals surface area contributed by atoms with Gasteiger partial charge >= 0.3 is 5.97 Å². The molecule has 4 N–H and O–H groups in total. The highest BCUT2D eigenvalue weighted by molar-refractivity contribution is 5.92. The number of rotatable bonds is 5. The van der Waals surface area contributed by atoms with Crippen LogP contribution in [0, 0.1) is 0 Å². The Kier molecular flexibility index (Phi) is 4.92. The van der Waals surface area contributed by atoms with Crippen molar-refractivity contribution >= 4 is 5.97 Å². The van der Waals surface area contributed by atoms with Crippen LogP contribution in [-0.2, 0) is 11.2 Å². The Hall–Kier alpha value is -2.93. The molecule has 7 nitrogen and oxygen atoms in total. The molecule has 0 radical (unpaired) electrons. The molecular weight excluding hydrogens is 304 g/mol. The van der Waals surface area contributed by atoms with Gasteiger partial charge in [-0.05, 0) is 18.2 Å². The number of hydrogen-bond acceptors (Lipinski definition) is 7. The lowest BCUT2D eigenvalue weighted by atomic mass is 10.1. The van der Waals surface area contributed by atoms with Crippen LogP contribution in [0.4, 0.5) is 0 Å². The summed E-state index contributed by atoms with van der Waals surface area (Å²) in [4.78, 5) is 12.1. The van der Waals surface area contributed by atoms with E-state index in [0.717, 1.165) is 18.2 Å². The Balaban J connectivity index is 2.30. The second kappa shape index (κ2) is 6.89. The predicted molar refractivity (Wildman–Crippen MR) is 80.1 cm³/mol. The molecule has 0 atom stereocenters. The van der Waals surface area contributed by atoms with Crippen LogP contribution in [0.15, 0.2) is 30.3 Å². The molecule has 0 aliphatic heterocycles. The van der Waals surface area contributed by atoms with Crippen LogP contribution >= 0.6 is 0 Å². The van der Waals surface area contributed by atoms with E-state index in [1.54, 1.807) is 0 Å². The summed E-state index contributed by atoms with van der Waals surface area (Å²) in [6, 6.07) is 5.80. The average Bonchev–Trinajstić information content (AvgIpc) is 2.49. The van der Waals surface area contributed by atoms with Gasteiger partial charge in [-0.25, -0.2) is 4.79 Å². The molecule has 2 aromatic rings. The van der Waals surface area contributed by atoms with Crippen molar-refractivity contribution in [3.63, 3.8) is 0 Å². The molecule has 0 saturated carbocycles. The molecular formula is C16H16O7. The number of methoxy groups -OCH3 is 1. The lowest BCUT2D eigenvalue weighted by Crippen LogP contribution is -2.10. The zero-order valence-corrected chi connectivity index (χ0v) is 12.3. The monoisotopic (exact) mass is 320 g/mol. The summed E-state index contributed by atoms with van der Waals surface area (Å²) in [5.74, 6) is -2.14. The Morgan fingerprint density at radius 1 is 1.00 bits per heavy atom. The summed E-state index contributed by atoms with van der Waals surface area (Å²) in [6.07, 6.45) is 0.270. The van der Waals surface area contributed by atoms with Gasteiger partial charge in [-0.3, -0.25) is 0 Å². The molecule has 2 rings (SSSR count). The highest BCUT2D eigenvalue weighted by atomic mass is 16.5. The second-order valence-corrected chi connectivity index (χ2v) is 4.78. The Morgan fingerprint density at radius 3 is 2.39 bits per heavy atom. The number of phenolic OH excluding ortho intramolecular Hbond substituents is 4. The Morgan fingerprint density at radius 2 is 1.74 bits per heavy atom. The number of hydrogen-bond donors (Lipinski definition) is 4. The minimum Gasteiger partial charge on any atom is -0.508 e. The van der Waals surface area contributed by atoms with Crippen molar-refractivity contribution in [1.82, 2.24) is 0 Å². The third-order valence-corrected chi connectivity index (χ3v) is 3.14. The molecule has 7 heteroatoms. The summed E-state index contributed by atoms with van der Waals surface area (Å²) in [6.45, 7) is 0.281. The van der Waals surface area contributed by atoms with Gasteiger partial charge < -0.3 is 29.9 Å². The minimum absolute atomic E-state index is 0.000763. The first-order chi connectivity index (χ1) is 10.9. The van der Waals surface area contributed by atoms with Crippen molar-refractivity contribution in [3.8, 4) is 28.7 Å². The largest absolute Gasteiger partial charge is 0.508 e. The lowest BCUT2D eigenvalue weighted by Gasteiger charge is -2.12. The van der Waals surface area contributed by atoms with Crippen LogP contribution in [0.2, 0.25) is 0 Å². The zero-order chi connectivity index (χ0) is 17.0. The van der Waals surface area contributed by atoms with E-state index in [1.165, 1.54) is 19.2 Å². The SMILES string of the molecule is COCCc1c(O)cc(O)cc1OC(=O)c1ccc(O)c(O)c1. The normalized spacial score (nSPS) is 10.5. The first kappa shape index (κ1) is 16.4. The third kappa shape index (κ3) is 3.83. The van der Waals surface area contributed by atoms with E-state index in [-0.39, 0.29) is 41.6 Å². The van der Waals surface area contributed by atoms with Gasteiger partial charge in [-0.15, -0.1) is 0 Å². The fourth-order valence-electron chi connectivity index (χ4n) is 1.97. The molecule has 0 fully saturated rings. The highest BCUT2D eigenvalue weighted by Crippen LogP contribution is 2.34. The van der Waals surface area contributed by atoms with Crippen molar-refractivity contribution in [1.29, 1.82) is 0 Å². The van der Waals surface area contributed by atoms with E-state index < -0.39 is 11.7 Å². The van der Waals surface area contributed by atoms with Crippen LogP contribution < -0.4 is 4.74 Å². The third-order valence-electron chi connectivity index (χ3n) is 3.14. The van der Waals surface area contributed by atoms with Crippen LogP contribution in [0.3, 0.4) is 0 Å². The summed E-state index contributed by atoms with van der Waals surface area (Å²) in [5, 5.41) is 38.1. The molecule has 0 amide bonds. The summed E-state index contributed by atoms with van der Waals surface area (Å²) >= 11 is 0. The number of phenols is 4. The average molecular weight is 320 g/mol. The molecule has 0 aliphatic rings. The van der Waals surface area contributed by atoms with Gasteiger partial charge in [-0.1, -0.05) is 0 Å². The van der Waals surface area contributed by atoms with E-state index in [4.69, 9.17) is 9.47 Å². The van der Waals surface area contributed by atoms with Gasteiger partial charge in [0.15, 0.2) is 11.5 Å². The Bertz CT molecular complexity index is 725. The van der Waals surface area contributed by atoms with Gasteiger partial charge in [0.2, 0.25) is 0 Å². The topological polar surface area (TPSA) is 116 Å². The predicted octanol–water partition coefficient (Wildman–Crippen LogP) is 1.92. The van der Waals surface area contributed by atoms with Gasteiger partial charge in [0.05, 0.1) is 12.2 Å². The number of carbonyl (C=O) groups is 1. The zero-order valence-electron chi connectivity index (χ0n) is 12.3. The summed E-state index contributed by atoms with van der Waals surface area (Å²) in [5.41, 5.74) is 0.307. The van der Waals surface area contributed by atoms with Crippen LogP contribution in [-0.4, -0.2) is 40.1 Å². The van der Waals surface area contributed by atoms with Crippen LogP contribution in [0.5, 0.6) is 28.7 Å². The van der Waals surface area contributed by atoms with Crippen molar-refractivity contribution in [3.05, 3.63) is 41.5 Å². The van der Waals surface area contributed by atoms with Crippen molar-refractivity contribution in [2.75, 3.05) is 13.7 Å². The standard InChI is InChI=1S/C16H16O7/c1-22-5-4-11-13(19)7-10(17)8-15(11)23-16(21)9-2-3-12(18)14(20)6-9/h2-3,6-8,17-20H,4-5H2,1H3. The molecule has 0 aliphatic carbocycles. The van der Waals surface area contributed by atoms with Crippen molar-refractivity contribution in [2.24, 2.45) is 0 Å². The Labute approximate surface area is 132 Å². The van der Waals surface area contributed by atoms with Crippen molar-refractivity contribution < 1.29 is 34.7 Å². The molecule has 0 aromatic heterocycles. The molecule has 0 spiro atoms. The molecule has 23 heavy (non-hydrogen) atoms. The van der Waals surface area contributed by atoms with E-state index in [1.807, 2.05) is 0 Å². The molecule has 0 bridgehead atoms. The molecule has 2 aromatic carbocycles. The molecule has 0 unspecified atom stereocenters. The number of benzene rings is 2.